The van der Waals surface area contributed by atoms with Crippen molar-refractivity contribution in [3.05, 3.63) is 35.4 Å². The number of likely N-dealkylation sites (tertiary alicyclic amines) is 1. The van der Waals surface area contributed by atoms with E-state index >= 15 is 0 Å². The minimum absolute atomic E-state index is 0.444. The van der Waals surface area contributed by atoms with Crippen LogP contribution in [-0.4, -0.2) is 52.7 Å². The van der Waals surface area contributed by atoms with Crippen molar-refractivity contribution >= 4 is 0 Å². The fourth-order valence-corrected chi connectivity index (χ4v) is 4.26. The van der Waals surface area contributed by atoms with E-state index in [4.69, 9.17) is 0 Å². The van der Waals surface area contributed by atoms with Gasteiger partial charge in [-0.05, 0) is 57.4 Å². The van der Waals surface area contributed by atoms with Gasteiger partial charge in [0.1, 0.15) is 0 Å². The van der Waals surface area contributed by atoms with Crippen molar-refractivity contribution in [2.45, 2.75) is 57.3 Å². The highest BCUT2D eigenvalue weighted by atomic mass is 19.2. The fraction of sp³-hybridized carbons (Fsp3) is 0.667. The number of hydrogen-bond acceptors (Lipinski definition) is 3. The molecule has 0 radical (unpaired) electrons. The van der Waals surface area contributed by atoms with Crippen molar-refractivity contribution in [3.8, 4) is 0 Å². The largest absolute Gasteiger partial charge is 0.387 e. The van der Waals surface area contributed by atoms with Gasteiger partial charge in [-0.15, -0.1) is 0 Å². The standard InChI is InChI=1S/C18H26F2N2O/c1-12(2)22-14-4-5-15(22)10-21(8-7-14)11-18(23)13-3-6-16(19)17(20)9-13/h3,6,9,12,14-15,18,23H,4-5,7-8,10-11H2,1-2H3. The number of nitrogens with zero attached hydrogens (tertiary/aromatic N) is 2. The number of benzene rings is 1. The highest BCUT2D eigenvalue weighted by Gasteiger charge is 2.38. The van der Waals surface area contributed by atoms with Gasteiger partial charge in [0.05, 0.1) is 6.10 Å². The van der Waals surface area contributed by atoms with Gasteiger partial charge < -0.3 is 5.11 Å². The van der Waals surface area contributed by atoms with E-state index in [9.17, 15) is 13.9 Å². The molecule has 2 aliphatic heterocycles. The maximum Gasteiger partial charge on any atom is 0.159 e. The van der Waals surface area contributed by atoms with Crippen LogP contribution in [0, 0.1) is 11.6 Å². The summed E-state index contributed by atoms with van der Waals surface area (Å²) in [7, 11) is 0. The van der Waals surface area contributed by atoms with Crippen molar-refractivity contribution in [2.75, 3.05) is 19.6 Å². The quantitative estimate of drug-likeness (QED) is 0.922. The average Bonchev–Trinajstić information content (AvgIpc) is 2.80. The van der Waals surface area contributed by atoms with Gasteiger partial charge in [-0.3, -0.25) is 9.80 Å². The Morgan fingerprint density at radius 3 is 2.57 bits per heavy atom. The van der Waals surface area contributed by atoms with Crippen molar-refractivity contribution in [1.82, 2.24) is 9.80 Å². The third kappa shape index (κ3) is 3.57. The Kier molecular flexibility index (Phi) is 4.99. The van der Waals surface area contributed by atoms with Gasteiger partial charge >= 0.3 is 0 Å². The van der Waals surface area contributed by atoms with Crippen molar-refractivity contribution in [1.29, 1.82) is 0 Å². The lowest BCUT2D eigenvalue weighted by atomic mass is 10.1. The van der Waals surface area contributed by atoms with E-state index in [2.05, 4.69) is 23.6 Å². The predicted molar refractivity (Wildman–Crippen MR) is 86.2 cm³/mol. The van der Waals surface area contributed by atoms with Crippen LogP contribution in [-0.2, 0) is 0 Å². The normalized spacial score (nSPS) is 27.4. The predicted octanol–water partition coefficient (Wildman–Crippen LogP) is 2.95. The van der Waals surface area contributed by atoms with Gasteiger partial charge in [0.15, 0.2) is 11.6 Å². The number of β-amino-alcohol motifs (C(OH)–C–C–N with tert-alkyl or cyclic N) is 1. The smallest absolute Gasteiger partial charge is 0.159 e. The maximum atomic E-state index is 13.3. The SMILES string of the molecule is CC(C)N1C2CCC1CN(CC(O)c1ccc(F)c(F)c1)CC2. The number of hydrogen-bond donors (Lipinski definition) is 1. The van der Waals surface area contributed by atoms with Crippen LogP contribution in [0.4, 0.5) is 8.78 Å². The van der Waals surface area contributed by atoms with Gasteiger partial charge in [0.25, 0.3) is 0 Å². The summed E-state index contributed by atoms with van der Waals surface area (Å²) >= 11 is 0. The molecule has 3 unspecified atom stereocenters. The summed E-state index contributed by atoms with van der Waals surface area (Å²) in [5.41, 5.74) is 0.444. The molecular weight excluding hydrogens is 298 g/mol. The summed E-state index contributed by atoms with van der Waals surface area (Å²) in [6.07, 6.45) is 2.80. The summed E-state index contributed by atoms with van der Waals surface area (Å²) in [6, 6.07) is 5.38. The number of fused-ring (bicyclic) bond motifs is 2. The molecule has 1 aromatic rings. The molecular formula is C18H26F2N2O. The third-order valence-electron chi connectivity index (χ3n) is 5.28. The maximum absolute atomic E-state index is 13.3. The van der Waals surface area contributed by atoms with Gasteiger partial charge in [-0.1, -0.05) is 6.07 Å². The molecule has 5 heteroatoms. The average molecular weight is 324 g/mol. The lowest BCUT2D eigenvalue weighted by Crippen LogP contribution is -2.43. The molecule has 23 heavy (non-hydrogen) atoms. The number of halogens is 2. The molecule has 2 bridgehead atoms. The molecule has 3 rings (SSSR count). The first-order valence-corrected chi connectivity index (χ1v) is 8.58. The molecule has 1 N–H and O–H groups in total. The Hall–Kier alpha value is -1.04. The van der Waals surface area contributed by atoms with Gasteiger partial charge in [-0.2, -0.15) is 0 Å². The summed E-state index contributed by atoms with van der Waals surface area (Å²) in [6.45, 7) is 6.86. The first-order valence-electron chi connectivity index (χ1n) is 8.58. The molecule has 2 heterocycles. The molecule has 3 atom stereocenters. The van der Waals surface area contributed by atoms with E-state index in [1.165, 1.54) is 18.9 Å². The highest BCUT2D eigenvalue weighted by molar-refractivity contribution is 5.20. The molecule has 0 aromatic heterocycles. The number of rotatable bonds is 4. The lowest BCUT2D eigenvalue weighted by Gasteiger charge is -2.32. The van der Waals surface area contributed by atoms with E-state index in [0.29, 0.717) is 30.2 Å². The summed E-state index contributed by atoms with van der Waals surface area (Å²) in [5, 5.41) is 10.4. The van der Waals surface area contributed by atoms with E-state index < -0.39 is 17.7 Å². The molecule has 3 nitrogen and oxygen atoms in total. The van der Waals surface area contributed by atoms with Crippen LogP contribution >= 0.6 is 0 Å². The topological polar surface area (TPSA) is 26.7 Å². The first kappa shape index (κ1) is 16.8. The molecule has 1 aromatic carbocycles. The fourth-order valence-electron chi connectivity index (χ4n) is 4.26. The van der Waals surface area contributed by atoms with Gasteiger partial charge in [-0.25, -0.2) is 8.78 Å². The zero-order valence-corrected chi connectivity index (χ0v) is 13.9. The van der Waals surface area contributed by atoms with Gasteiger partial charge in [0.2, 0.25) is 0 Å². The summed E-state index contributed by atoms with van der Waals surface area (Å²) < 4.78 is 26.4. The van der Waals surface area contributed by atoms with E-state index in [0.717, 1.165) is 31.6 Å². The minimum atomic E-state index is -0.901. The summed E-state index contributed by atoms with van der Waals surface area (Å²) in [4.78, 5) is 4.88. The van der Waals surface area contributed by atoms with Crippen LogP contribution in [0.25, 0.3) is 0 Å². The Labute approximate surface area is 136 Å². The number of aliphatic hydroxyl groups is 1. The Morgan fingerprint density at radius 1 is 1.13 bits per heavy atom. The second kappa shape index (κ2) is 6.83. The Morgan fingerprint density at radius 2 is 1.87 bits per heavy atom. The Bertz CT molecular complexity index is 552. The third-order valence-corrected chi connectivity index (χ3v) is 5.28. The monoisotopic (exact) mass is 324 g/mol. The highest BCUT2D eigenvalue weighted by Crippen LogP contribution is 2.32. The van der Waals surface area contributed by atoms with Crippen LogP contribution in [0.1, 0.15) is 44.8 Å². The van der Waals surface area contributed by atoms with Crippen LogP contribution in [0.3, 0.4) is 0 Å². The van der Waals surface area contributed by atoms with Crippen LogP contribution in [0.2, 0.25) is 0 Å². The van der Waals surface area contributed by atoms with Crippen molar-refractivity contribution < 1.29 is 13.9 Å². The van der Waals surface area contributed by atoms with Crippen LogP contribution in [0.5, 0.6) is 0 Å². The molecule has 0 spiro atoms. The molecule has 0 amide bonds. The second-order valence-corrected chi connectivity index (χ2v) is 7.16. The van der Waals surface area contributed by atoms with E-state index in [1.807, 2.05) is 0 Å². The zero-order chi connectivity index (χ0) is 16.6. The zero-order valence-electron chi connectivity index (χ0n) is 13.9. The molecule has 0 saturated carbocycles. The van der Waals surface area contributed by atoms with Crippen molar-refractivity contribution in [3.63, 3.8) is 0 Å². The molecule has 2 fully saturated rings. The van der Waals surface area contributed by atoms with E-state index in [1.54, 1.807) is 0 Å². The molecule has 2 aliphatic rings. The molecule has 0 aliphatic carbocycles. The number of aliphatic hydroxyl groups excluding tert-OH is 1. The second-order valence-electron chi connectivity index (χ2n) is 7.16. The summed E-state index contributed by atoms with van der Waals surface area (Å²) in [5.74, 6) is -1.77. The first-order chi connectivity index (χ1) is 11.0. The van der Waals surface area contributed by atoms with E-state index in [-0.39, 0.29) is 0 Å². The van der Waals surface area contributed by atoms with Crippen molar-refractivity contribution in [2.24, 2.45) is 0 Å². The van der Waals surface area contributed by atoms with Gasteiger partial charge in [0, 0.05) is 31.2 Å². The molecule has 128 valence electrons. The molecule has 2 saturated heterocycles. The Balaban J connectivity index is 1.65. The minimum Gasteiger partial charge on any atom is -0.387 e. The lowest BCUT2D eigenvalue weighted by molar-refractivity contribution is 0.100. The van der Waals surface area contributed by atoms with Crippen LogP contribution < -0.4 is 0 Å². The van der Waals surface area contributed by atoms with Crippen LogP contribution in [0.15, 0.2) is 18.2 Å².